The summed E-state index contributed by atoms with van der Waals surface area (Å²) in [5, 5.41) is 2.87. The average Bonchev–Trinajstić information content (AvgIpc) is 2.75. The van der Waals surface area contributed by atoms with Crippen LogP contribution in [0.3, 0.4) is 0 Å². The first-order chi connectivity index (χ1) is 9.72. The monoisotopic (exact) mass is 276 g/mol. The van der Waals surface area contributed by atoms with Crippen molar-refractivity contribution in [2.45, 2.75) is 39.2 Å². The third kappa shape index (κ3) is 3.50. The maximum absolute atomic E-state index is 11.7. The van der Waals surface area contributed by atoms with Gasteiger partial charge in [0.2, 0.25) is 5.91 Å². The van der Waals surface area contributed by atoms with Crippen molar-refractivity contribution in [3.05, 3.63) is 34.8 Å². The summed E-state index contributed by atoms with van der Waals surface area (Å²) in [5.41, 5.74) is 1.37. The molecule has 1 N–H and O–H groups in total. The molecule has 0 spiro atoms. The quantitative estimate of drug-likeness (QED) is 0.789. The molecule has 1 amide bonds. The summed E-state index contributed by atoms with van der Waals surface area (Å²) in [6.45, 7) is 3.31. The number of carbonyl (C=O) groups is 1. The van der Waals surface area contributed by atoms with Gasteiger partial charge in [-0.3, -0.25) is 9.36 Å². The van der Waals surface area contributed by atoms with E-state index in [0.29, 0.717) is 25.0 Å². The summed E-state index contributed by atoms with van der Waals surface area (Å²) in [6.07, 6.45) is 3.12. The second-order valence-corrected chi connectivity index (χ2v) is 4.79. The molecule has 1 aromatic carbocycles. The van der Waals surface area contributed by atoms with Crippen molar-refractivity contribution >= 4 is 17.0 Å². The fourth-order valence-electron chi connectivity index (χ4n) is 2.12. The van der Waals surface area contributed by atoms with Crippen LogP contribution in [0.5, 0.6) is 0 Å². The van der Waals surface area contributed by atoms with Crippen LogP contribution >= 0.6 is 0 Å². The number of hydrogen-bond donors (Lipinski definition) is 1. The number of aryl methyl sites for hydroxylation is 1. The minimum atomic E-state index is -0.363. The number of oxazole rings is 1. The molecule has 5 nitrogen and oxygen atoms in total. The lowest BCUT2D eigenvalue weighted by Gasteiger charge is -2.04. The average molecular weight is 276 g/mol. The van der Waals surface area contributed by atoms with E-state index in [-0.39, 0.29) is 11.7 Å². The molecule has 0 aliphatic heterocycles. The van der Waals surface area contributed by atoms with E-state index in [4.69, 9.17) is 4.42 Å². The second kappa shape index (κ2) is 6.93. The Bertz CT molecular complexity index is 627. The lowest BCUT2D eigenvalue weighted by molar-refractivity contribution is -0.121. The van der Waals surface area contributed by atoms with Crippen molar-refractivity contribution in [3.63, 3.8) is 0 Å². The Morgan fingerprint density at radius 2 is 2.10 bits per heavy atom. The number of para-hydroxylation sites is 2. The van der Waals surface area contributed by atoms with Crippen LogP contribution in [0.2, 0.25) is 0 Å². The highest BCUT2D eigenvalue weighted by Gasteiger charge is 2.08. The minimum absolute atomic E-state index is 0.0410. The van der Waals surface area contributed by atoms with Crippen LogP contribution in [0, 0.1) is 0 Å². The number of hydrogen-bond acceptors (Lipinski definition) is 3. The third-order valence-electron chi connectivity index (χ3n) is 3.21. The van der Waals surface area contributed by atoms with E-state index in [1.807, 2.05) is 18.2 Å². The van der Waals surface area contributed by atoms with Crippen LogP contribution in [0.1, 0.15) is 32.6 Å². The first kappa shape index (κ1) is 14.4. The predicted molar refractivity (Wildman–Crippen MR) is 77.6 cm³/mol. The molecule has 0 aliphatic carbocycles. The number of fused-ring (bicyclic) bond motifs is 1. The smallest absolute Gasteiger partial charge is 0.408 e. The Morgan fingerprint density at radius 3 is 2.90 bits per heavy atom. The molecule has 2 rings (SSSR count). The van der Waals surface area contributed by atoms with Crippen LogP contribution in [0.4, 0.5) is 0 Å². The van der Waals surface area contributed by atoms with Crippen molar-refractivity contribution in [3.8, 4) is 0 Å². The van der Waals surface area contributed by atoms with E-state index in [1.54, 1.807) is 10.6 Å². The van der Waals surface area contributed by atoms with Gasteiger partial charge in [-0.05, 0) is 25.0 Å². The van der Waals surface area contributed by atoms with Gasteiger partial charge in [-0.2, -0.15) is 0 Å². The fourth-order valence-corrected chi connectivity index (χ4v) is 2.12. The van der Waals surface area contributed by atoms with Gasteiger partial charge in [0.15, 0.2) is 5.58 Å². The second-order valence-electron chi connectivity index (χ2n) is 4.79. The van der Waals surface area contributed by atoms with Crippen LogP contribution in [-0.4, -0.2) is 17.0 Å². The molecule has 0 fully saturated rings. The van der Waals surface area contributed by atoms with E-state index < -0.39 is 0 Å². The molecule has 0 saturated carbocycles. The van der Waals surface area contributed by atoms with Gasteiger partial charge in [0, 0.05) is 19.5 Å². The van der Waals surface area contributed by atoms with Gasteiger partial charge >= 0.3 is 5.76 Å². The zero-order valence-electron chi connectivity index (χ0n) is 11.7. The Hall–Kier alpha value is -2.04. The molecule has 20 heavy (non-hydrogen) atoms. The van der Waals surface area contributed by atoms with Gasteiger partial charge < -0.3 is 9.73 Å². The van der Waals surface area contributed by atoms with E-state index in [9.17, 15) is 9.59 Å². The largest absolute Gasteiger partial charge is 0.419 e. The van der Waals surface area contributed by atoms with E-state index in [2.05, 4.69) is 12.2 Å². The number of benzene rings is 1. The summed E-state index contributed by atoms with van der Waals surface area (Å²) in [4.78, 5) is 23.3. The molecule has 0 radical (unpaired) electrons. The summed E-state index contributed by atoms with van der Waals surface area (Å²) >= 11 is 0. The zero-order chi connectivity index (χ0) is 14.4. The first-order valence-corrected chi connectivity index (χ1v) is 7.07. The number of rotatable bonds is 7. The fraction of sp³-hybridized carbons (Fsp3) is 0.467. The standard InChI is InChI=1S/C15H20N2O3/c1-2-3-10-16-14(18)9-6-11-17-12-7-4-5-8-13(12)20-15(17)19/h4-5,7-8H,2-3,6,9-11H2,1H3,(H,16,18). The zero-order valence-corrected chi connectivity index (χ0v) is 11.7. The highest BCUT2D eigenvalue weighted by molar-refractivity contribution is 5.76. The number of nitrogens with one attached hydrogen (secondary N) is 1. The topological polar surface area (TPSA) is 64.2 Å². The molecule has 0 aliphatic rings. The molecule has 2 aromatic rings. The Morgan fingerprint density at radius 1 is 1.30 bits per heavy atom. The molecule has 108 valence electrons. The van der Waals surface area contributed by atoms with Gasteiger partial charge in [0.25, 0.3) is 0 Å². The van der Waals surface area contributed by atoms with Crippen molar-refractivity contribution < 1.29 is 9.21 Å². The van der Waals surface area contributed by atoms with E-state index in [1.165, 1.54) is 0 Å². The van der Waals surface area contributed by atoms with Crippen molar-refractivity contribution in [1.82, 2.24) is 9.88 Å². The number of nitrogens with zero attached hydrogens (tertiary/aromatic N) is 1. The van der Waals surface area contributed by atoms with Crippen LogP contribution in [-0.2, 0) is 11.3 Å². The van der Waals surface area contributed by atoms with E-state index >= 15 is 0 Å². The molecule has 0 bridgehead atoms. The molecule has 1 heterocycles. The van der Waals surface area contributed by atoms with Crippen molar-refractivity contribution in [2.75, 3.05) is 6.54 Å². The van der Waals surface area contributed by atoms with Gasteiger partial charge in [0.1, 0.15) is 0 Å². The Balaban J connectivity index is 1.88. The molecule has 0 saturated heterocycles. The highest BCUT2D eigenvalue weighted by Crippen LogP contribution is 2.12. The third-order valence-corrected chi connectivity index (χ3v) is 3.21. The summed E-state index contributed by atoms with van der Waals surface area (Å²) < 4.78 is 6.72. The summed E-state index contributed by atoms with van der Waals surface area (Å²) in [6, 6.07) is 7.31. The van der Waals surface area contributed by atoms with Crippen molar-refractivity contribution in [2.24, 2.45) is 0 Å². The number of amides is 1. The van der Waals surface area contributed by atoms with Gasteiger partial charge in [-0.25, -0.2) is 4.79 Å². The molecule has 0 atom stereocenters. The molecule has 0 unspecified atom stereocenters. The maximum atomic E-state index is 11.7. The van der Waals surface area contributed by atoms with Crippen LogP contribution < -0.4 is 11.1 Å². The predicted octanol–water partition coefficient (Wildman–Crippen LogP) is 2.29. The lowest BCUT2D eigenvalue weighted by Crippen LogP contribution is -2.24. The number of unbranched alkanes of at least 4 members (excludes halogenated alkanes) is 1. The Kier molecular flexibility index (Phi) is 4.98. The maximum Gasteiger partial charge on any atom is 0.419 e. The highest BCUT2D eigenvalue weighted by atomic mass is 16.4. The van der Waals surface area contributed by atoms with Gasteiger partial charge in [-0.15, -0.1) is 0 Å². The van der Waals surface area contributed by atoms with Gasteiger partial charge in [-0.1, -0.05) is 25.5 Å². The number of carbonyl (C=O) groups excluding carboxylic acids is 1. The van der Waals surface area contributed by atoms with Gasteiger partial charge in [0.05, 0.1) is 5.52 Å². The summed E-state index contributed by atoms with van der Waals surface area (Å²) in [7, 11) is 0. The normalized spacial score (nSPS) is 10.8. The molecule has 1 aromatic heterocycles. The number of aromatic nitrogens is 1. The van der Waals surface area contributed by atoms with Crippen LogP contribution in [0.25, 0.3) is 11.1 Å². The first-order valence-electron chi connectivity index (χ1n) is 7.07. The van der Waals surface area contributed by atoms with Crippen LogP contribution in [0.15, 0.2) is 33.5 Å². The van der Waals surface area contributed by atoms with E-state index in [0.717, 1.165) is 24.9 Å². The molecule has 5 heteroatoms. The Labute approximate surface area is 117 Å². The SMILES string of the molecule is CCCCNC(=O)CCCn1c(=O)oc2ccccc21. The minimum Gasteiger partial charge on any atom is -0.408 e. The van der Waals surface area contributed by atoms with Crippen molar-refractivity contribution in [1.29, 1.82) is 0 Å². The summed E-state index contributed by atoms with van der Waals surface area (Å²) in [5.74, 6) is -0.322. The molecular weight excluding hydrogens is 256 g/mol. The lowest BCUT2D eigenvalue weighted by atomic mass is 10.2. The molecular formula is C15H20N2O3.